The first kappa shape index (κ1) is 16.8. The first-order valence-electron chi connectivity index (χ1n) is 8.14. The van der Waals surface area contributed by atoms with Gasteiger partial charge in [-0.25, -0.2) is 9.78 Å². The van der Waals surface area contributed by atoms with Gasteiger partial charge in [-0.05, 0) is 50.2 Å². The molecule has 6 heteroatoms. The molecule has 0 radical (unpaired) electrons. The number of imidazole rings is 1. The van der Waals surface area contributed by atoms with Crippen molar-refractivity contribution in [1.29, 1.82) is 0 Å². The molecule has 6 nitrogen and oxygen atoms in total. The summed E-state index contributed by atoms with van der Waals surface area (Å²) in [6.07, 6.45) is 0. The number of carbonyl (C=O) groups is 1. The summed E-state index contributed by atoms with van der Waals surface area (Å²) in [6.45, 7) is 4.98. The summed E-state index contributed by atoms with van der Waals surface area (Å²) < 4.78 is 16.0. The number of aromatic nitrogens is 2. The van der Waals surface area contributed by atoms with Crippen LogP contribution in [0.15, 0.2) is 36.4 Å². The zero-order valence-corrected chi connectivity index (χ0v) is 14.5. The van der Waals surface area contributed by atoms with E-state index in [1.807, 2.05) is 32.0 Å². The monoisotopic (exact) mass is 340 g/mol. The normalized spacial score (nSPS) is 10.7. The minimum absolute atomic E-state index is 0.377. The molecule has 25 heavy (non-hydrogen) atoms. The summed E-state index contributed by atoms with van der Waals surface area (Å²) >= 11 is 0. The molecule has 130 valence electrons. The molecule has 1 N–H and O–H groups in total. The number of nitrogens with zero attached hydrogens (tertiary/aromatic N) is 1. The van der Waals surface area contributed by atoms with Gasteiger partial charge in [-0.2, -0.15) is 0 Å². The number of fused-ring (bicyclic) bond motifs is 1. The van der Waals surface area contributed by atoms with Crippen LogP contribution in [0.1, 0.15) is 24.2 Å². The second kappa shape index (κ2) is 7.25. The fourth-order valence-electron chi connectivity index (χ4n) is 2.59. The fraction of sp³-hybridized carbons (Fsp3) is 0.263. The number of methoxy groups -OCH3 is 1. The van der Waals surface area contributed by atoms with Gasteiger partial charge in [0.05, 0.1) is 36.9 Å². The van der Waals surface area contributed by atoms with Gasteiger partial charge >= 0.3 is 5.97 Å². The first-order valence-corrected chi connectivity index (χ1v) is 8.14. The van der Waals surface area contributed by atoms with Crippen molar-refractivity contribution < 1.29 is 19.0 Å². The number of esters is 1. The van der Waals surface area contributed by atoms with E-state index < -0.39 is 0 Å². The second-order valence-electron chi connectivity index (χ2n) is 5.34. The fourth-order valence-corrected chi connectivity index (χ4v) is 2.59. The van der Waals surface area contributed by atoms with Crippen LogP contribution in [0.25, 0.3) is 22.4 Å². The zero-order chi connectivity index (χ0) is 17.8. The Morgan fingerprint density at radius 3 is 2.52 bits per heavy atom. The number of aromatic amines is 1. The molecule has 0 fully saturated rings. The van der Waals surface area contributed by atoms with Crippen molar-refractivity contribution in [3.63, 3.8) is 0 Å². The number of nitrogens with one attached hydrogen (secondary N) is 1. The molecule has 0 aliphatic heterocycles. The smallest absolute Gasteiger partial charge is 0.337 e. The van der Waals surface area contributed by atoms with Gasteiger partial charge in [-0.15, -0.1) is 0 Å². The van der Waals surface area contributed by atoms with Gasteiger partial charge < -0.3 is 19.2 Å². The van der Waals surface area contributed by atoms with Crippen molar-refractivity contribution in [2.75, 3.05) is 20.3 Å². The molecule has 0 saturated heterocycles. The highest BCUT2D eigenvalue weighted by Gasteiger charge is 2.12. The number of hydrogen-bond donors (Lipinski definition) is 1. The number of hydrogen-bond acceptors (Lipinski definition) is 5. The van der Waals surface area contributed by atoms with Crippen LogP contribution in [-0.2, 0) is 4.74 Å². The molecule has 3 rings (SSSR count). The summed E-state index contributed by atoms with van der Waals surface area (Å²) in [4.78, 5) is 19.5. The van der Waals surface area contributed by atoms with Gasteiger partial charge in [0, 0.05) is 5.56 Å². The number of carbonyl (C=O) groups excluding carboxylic acids is 1. The minimum Gasteiger partial charge on any atom is -0.490 e. The van der Waals surface area contributed by atoms with E-state index in [0.717, 1.165) is 16.6 Å². The molecular formula is C19H20N2O4. The highest BCUT2D eigenvalue weighted by atomic mass is 16.5. The Balaban J connectivity index is 2.00. The third-order valence-corrected chi connectivity index (χ3v) is 3.72. The third kappa shape index (κ3) is 3.42. The van der Waals surface area contributed by atoms with Gasteiger partial charge in [0.15, 0.2) is 11.5 Å². The summed E-state index contributed by atoms with van der Waals surface area (Å²) in [5.74, 6) is 1.70. The molecule has 2 aromatic carbocycles. The van der Waals surface area contributed by atoms with Crippen LogP contribution in [-0.4, -0.2) is 36.3 Å². The molecule has 1 aromatic heterocycles. The van der Waals surface area contributed by atoms with E-state index in [4.69, 9.17) is 14.2 Å². The molecule has 0 unspecified atom stereocenters. The van der Waals surface area contributed by atoms with Gasteiger partial charge in [0.1, 0.15) is 5.82 Å². The topological polar surface area (TPSA) is 73.4 Å². The largest absolute Gasteiger partial charge is 0.490 e. The molecule has 0 atom stereocenters. The van der Waals surface area contributed by atoms with Gasteiger partial charge in [-0.3, -0.25) is 0 Å². The SMILES string of the molecule is CCOc1ccc(-c2nc3ccc(C(=O)OC)cc3[nH]2)cc1OCC. The van der Waals surface area contributed by atoms with E-state index >= 15 is 0 Å². The summed E-state index contributed by atoms with van der Waals surface area (Å²) in [5, 5.41) is 0. The van der Waals surface area contributed by atoms with E-state index in [1.54, 1.807) is 18.2 Å². The van der Waals surface area contributed by atoms with E-state index in [0.29, 0.717) is 36.1 Å². The Hall–Kier alpha value is -3.02. The lowest BCUT2D eigenvalue weighted by molar-refractivity contribution is 0.0601. The average molecular weight is 340 g/mol. The average Bonchev–Trinajstić information content (AvgIpc) is 3.06. The molecule has 0 bridgehead atoms. The molecule has 0 spiro atoms. The van der Waals surface area contributed by atoms with Gasteiger partial charge in [0.25, 0.3) is 0 Å². The highest BCUT2D eigenvalue weighted by molar-refractivity contribution is 5.94. The summed E-state index contributed by atoms with van der Waals surface area (Å²) in [5.41, 5.74) is 2.90. The maximum absolute atomic E-state index is 11.7. The highest BCUT2D eigenvalue weighted by Crippen LogP contribution is 2.32. The molecule has 0 amide bonds. The van der Waals surface area contributed by atoms with E-state index in [-0.39, 0.29) is 5.97 Å². The van der Waals surface area contributed by atoms with Crippen molar-refractivity contribution >= 4 is 17.0 Å². The summed E-state index contributed by atoms with van der Waals surface area (Å²) in [7, 11) is 1.36. The van der Waals surface area contributed by atoms with Crippen LogP contribution in [0.2, 0.25) is 0 Å². The lowest BCUT2D eigenvalue weighted by atomic mass is 10.2. The van der Waals surface area contributed by atoms with Gasteiger partial charge in [-0.1, -0.05) is 0 Å². The molecule has 0 saturated carbocycles. The maximum Gasteiger partial charge on any atom is 0.337 e. The molecule has 3 aromatic rings. The molecule has 1 heterocycles. The van der Waals surface area contributed by atoms with E-state index in [2.05, 4.69) is 9.97 Å². The van der Waals surface area contributed by atoms with E-state index in [9.17, 15) is 4.79 Å². The van der Waals surface area contributed by atoms with Crippen LogP contribution in [0.5, 0.6) is 11.5 Å². The van der Waals surface area contributed by atoms with Crippen LogP contribution in [0.3, 0.4) is 0 Å². The van der Waals surface area contributed by atoms with Crippen molar-refractivity contribution in [2.45, 2.75) is 13.8 Å². The standard InChI is InChI=1S/C19H20N2O4/c1-4-24-16-9-7-12(11-17(16)25-5-2)18-20-14-8-6-13(19(22)23-3)10-15(14)21-18/h6-11H,4-5H2,1-3H3,(H,20,21). The van der Waals surface area contributed by atoms with Crippen LogP contribution in [0.4, 0.5) is 0 Å². The minimum atomic E-state index is -0.377. The Morgan fingerprint density at radius 1 is 1.04 bits per heavy atom. The lowest BCUT2D eigenvalue weighted by Gasteiger charge is -2.11. The quantitative estimate of drug-likeness (QED) is 0.691. The van der Waals surface area contributed by atoms with Crippen LogP contribution >= 0.6 is 0 Å². The number of rotatable bonds is 6. The van der Waals surface area contributed by atoms with Crippen molar-refractivity contribution in [1.82, 2.24) is 9.97 Å². The number of ether oxygens (including phenoxy) is 3. The van der Waals surface area contributed by atoms with E-state index in [1.165, 1.54) is 7.11 Å². The summed E-state index contributed by atoms with van der Waals surface area (Å²) in [6, 6.07) is 10.9. The number of H-pyrrole nitrogens is 1. The molecule has 0 aliphatic carbocycles. The third-order valence-electron chi connectivity index (χ3n) is 3.72. The van der Waals surface area contributed by atoms with Crippen molar-refractivity contribution in [3.05, 3.63) is 42.0 Å². The van der Waals surface area contributed by atoms with Crippen molar-refractivity contribution in [2.24, 2.45) is 0 Å². The number of benzene rings is 2. The Labute approximate surface area is 145 Å². The van der Waals surface area contributed by atoms with Gasteiger partial charge in [0.2, 0.25) is 0 Å². The zero-order valence-electron chi connectivity index (χ0n) is 14.5. The molecule has 0 aliphatic rings. The Bertz CT molecular complexity index is 902. The first-order chi connectivity index (χ1) is 12.2. The Morgan fingerprint density at radius 2 is 1.80 bits per heavy atom. The maximum atomic E-state index is 11.7. The van der Waals surface area contributed by atoms with Crippen molar-refractivity contribution in [3.8, 4) is 22.9 Å². The second-order valence-corrected chi connectivity index (χ2v) is 5.34. The predicted octanol–water partition coefficient (Wildman–Crippen LogP) is 3.81. The predicted molar refractivity (Wildman–Crippen MR) is 95.2 cm³/mol. The van der Waals surface area contributed by atoms with Crippen LogP contribution < -0.4 is 9.47 Å². The van der Waals surface area contributed by atoms with Crippen LogP contribution in [0, 0.1) is 0 Å². The molecular weight excluding hydrogens is 320 g/mol. The Kier molecular flexibility index (Phi) is 4.88. The lowest BCUT2D eigenvalue weighted by Crippen LogP contribution is -2.00.